The van der Waals surface area contributed by atoms with Crippen LogP contribution in [0.15, 0.2) is 24.3 Å². The van der Waals surface area contributed by atoms with Crippen LogP contribution in [0.3, 0.4) is 0 Å². The predicted molar refractivity (Wildman–Crippen MR) is 80.6 cm³/mol. The number of nitrogens with zero attached hydrogens (tertiary/aromatic N) is 2. The van der Waals surface area contributed by atoms with E-state index in [1.165, 1.54) is 23.5 Å². The molecule has 0 radical (unpaired) electrons. The summed E-state index contributed by atoms with van der Waals surface area (Å²) in [5.74, 6) is -0.540. The summed E-state index contributed by atoms with van der Waals surface area (Å²) in [7, 11) is 0. The molecule has 5 nitrogen and oxygen atoms in total. The van der Waals surface area contributed by atoms with Crippen LogP contribution in [0.25, 0.3) is 0 Å². The third-order valence-corrected chi connectivity index (χ3v) is 3.72. The molecule has 1 heterocycles. The molecule has 2 aromatic rings. The first kappa shape index (κ1) is 15.5. The van der Waals surface area contributed by atoms with Gasteiger partial charge in [-0.05, 0) is 24.1 Å². The van der Waals surface area contributed by atoms with Crippen LogP contribution in [-0.2, 0) is 11.2 Å². The Balaban J connectivity index is 1.97. The number of nitrogens with one attached hydrogen (secondary N) is 1. The molecule has 1 unspecified atom stereocenters. The third-order valence-electron chi connectivity index (χ3n) is 2.88. The molecular weight excluding hydrogens is 291 g/mol. The maximum atomic E-state index is 13.1. The molecule has 7 heteroatoms. The van der Waals surface area contributed by atoms with Crippen LogP contribution in [0.5, 0.6) is 0 Å². The van der Waals surface area contributed by atoms with Crippen LogP contribution in [0, 0.1) is 5.82 Å². The molecule has 112 valence electrons. The minimum absolute atomic E-state index is 0.259. The number of anilines is 1. The number of carbonyl (C=O) groups excluding carboxylic acids is 1. The van der Waals surface area contributed by atoms with Crippen LogP contribution in [-0.4, -0.2) is 22.1 Å². The summed E-state index contributed by atoms with van der Waals surface area (Å²) in [6.07, 6.45) is 1.95. The number of aromatic nitrogens is 2. The monoisotopic (exact) mass is 308 g/mol. The van der Waals surface area contributed by atoms with Gasteiger partial charge in [0.05, 0.1) is 6.04 Å². The molecule has 0 aliphatic heterocycles. The summed E-state index contributed by atoms with van der Waals surface area (Å²) in [4.78, 5) is 11.8. The highest BCUT2D eigenvalue weighted by Crippen LogP contribution is 2.19. The third kappa shape index (κ3) is 4.57. The quantitative estimate of drug-likeness (QED) is 0.858. The molecule has 21 heavy (non-hydrogen) atoms. The first-order valence-electron chi connectivity index (χ1n) is 6.71. The van der Waals surface area contributed by atoms with Gasteiger partial charge < -0.3 is 5.73 Å². The number of halogens is 1. The highest BCUT2D eigenvalue weighted by Gasteiger charge is 2.15. The average molecular weight is 308 g/mol. The second-order valence-corrected chi connectivity index (χ2v) is 5.75. The summed E-state index contributed by atoms with van der Waals surface area (Å²) in [6, 6.07) is 5.78. The summed E-state index contributed by atoms with van der Waals surface area (Å²) >= 11 is 1.27. The lowest BCUT2D eigenvalue weighted by Crippen LogP contribution is -2.35. The van der Waals surface area contributed by atoms with Crippen molar-refractivity contribution in [1.29, 1.82) is 0 Å². The zero-order valence-corrected chi connectivity index (χ0v) is 12.5. The first-order valence-corrected chi connectivity index (χ1v) is 7.53. The van der Waals surface area contributed by atoms with Gasteiger partial charge >= 0.3 is 0 Å². The average Bonchev–Trinajstić information content (AvgIpc) is 2.86. The first-order chi connectivity index (χ1) is 10.1. The second-order valence-electron chi connectivity index (χ2n) is 4.69. The van der Waals surface area contributed by atoms with Gasteiger partial charge in [-0.2, -0.15) is 0 Å². The number of rotatable bonds is 6. The molecule has 0 aliphatic rings. The number of amides is 1. The SMILES string of the molecule is CCCC(N)C(=O)Nc1nnc(Cc2cccc(F)c2)s1. The Morgan fingerprint density at radius 2 is 2.29 bits per heavy atom. The van der Waals surface area contributed by atoms with Crippen LogP contribution in [0.1, 0.15) is 30.3 Å². The smallest absolute Gasteiger partial charge is 0.243 e. The Hall–Kier alpha value is -1.86. The van der Waals surface area contributed by atoms with Crippen molar-refractivity contribution in [1.82, 2.24) is 10.2 Å². The molecule has 0 spiro atoms. The molecule has 1 atom stereocenters. The molecular formula is C14H17FN4OS. The van der Waals surface area contributed by atoms with Crippen LogP contribution < -0.4 is 11.1 Å². The summed E-state index contributed by atoms with van der Waals surface area (Å²) < 4.78 is 13.1. The van der Waals surface area contributed by atoms with Gasteiger partial charge in [-0.25, -0.2) is 4.39 Å². The lowest BCUT2D eigenvalue weighted by molar-refractivity contribution is -0.117. The van der Waals surface area contributed by atoms with Crippen molar-refractivity contribution in [3.63, 3.8) is 0 Å². The van der Waals surface area contributed by atoms with Crippen molar-refractivity contribution in [3.05, 3.63) is 40.7 Å². The zero-order chi connectivity index (χ0) is 15.2. The fraction of sp³-hybridized carbons (Fsp3) is 0.357. The number of benzene rings is 1. The van der Waals surface area contributed by atoms with Gasteiger partial charge in [0, 0.05) is 6.42 Å². The lowest BCUT2D eigenvalue weighted by atomic mass is 10.1. The summed E-state index contributed by atoms with van der Waals surface area (Å²) in [5.41, 5.74) is 6.54. The molecule has 1 aromatic heterocycles. The normalized spacial score (nSPS) is 12.1. The van der Waals surface area contributed by atoms with Crippen LogP contribution in [0.4, 0.5) is 9.52 Å². The van der Waals surface area contributed by atoms with E-state index in [0.29, 0.717) is 23.0 Å². The molecule has 1 aromatic carbocycles. The number of hydrogen-bond acceptors (Lipinski definition) is 5. The summed E-state index contributed by atoms with van der Waals surface area (Å²) in [5, 5.41) is 11.7. The van der Waals surface area contributed by atoms with Gasteiger partial charge in [0.2, 0.25) is 11.0 Å². The van der Waals surface area contributed by atoms with E-state index in [9.17, 15) is 9.18 Å². The van der Waals surface area contributed by atoms with E-state index in [0.717, 1.165) is 12.0 Å². The molecule has 3 N–H and O–H groups in total. The maximum absolute atomic E-state index is 13.1. The van der Waals surface area contributed by atoms with Gasteiger partial charge in [-0.1, -0.05) is 36.8 Å². The Labute approximate surface area is 126 Å². The Morgan fingerprint density at radius 1 is 1.48 bits per heavy atom. The standard InChI is InChI=1S/C14H17FN4OS/c1-2-4-11(16)13(20)17-14-19-18-12(21-14)8-9-5-3-6-10(15)7-9/h3,5-7,11H,2,4,8,16H2,1H3,(H,17,19,20). The molecule has 2 rings (SSSR count). The van der Waals surface area contributed by atoms with Gasteiger partial charge in [0.25, 0.3) is 0 Å². The predicted octanol–water partition coefficient (Wildman–Crippen LogP) is 2.33. The van der Waals surface area contributed by atoms with Crippen molar-refractivity contribution in [3.8, 4) is 0 Å². The van der Waals surface area contributed by atoms with E-state index < -0.39 is 6.04 Å². The van der Waals surface area contributed by atoms with Gasteiger partial charge in [0.1, 0.15) is 10.8 Å². The zero-order valence-electron chi connectivity index (χ0n) is 11.7. The molecule has 0 fully saturated rings. The van der Waals surface area contributed by atoms with E-state index in [4.69, 9.17) is 5.73 Å². The van der Waals surface area contributed by atoms with Crippen LogP contribution >= 0.6 is 11.3 Å². The molecule has 0 saturated carbocycles. The highest BCUT2D eigenvalue weighted by molar-refractivity contribution is 7.15. The van der Waals surface area contributed by atoms with E-state index in [1.54, 1.807) is 6.07 Å². The van der Waals surface area contributed by atoms with E-state index in [1.807, 2.05) is 13.0 Å². The minimum atomic E-state index is -0.537. The Morgan fingerprint density at radius 3 is 3.00 bits per heavy atom. The van der Waals surface area contributed by atoms with E-state index in [2.05, 4.69) is 15.5 Å². The van der Waals surface area contributed by atoms with Crippen molar-refractivity contribution in [2.45, 2.75) is 32.2 Å². The van der Waals surface area contributed by atoms with Gasteiger partial charge in [-0.15, -0.1) is 10.2 Å². The van der Waals surface area contributed by atoms with Crippen molar-refractivity contribution < 1.29 is 9.18 Å². The summed E-state index contributed by atoms with van der Waals surface area (Å²) in [6.45, 7) is 1.97. The lowest BCUT2D eigenvalue weighted by Gasteiger charge is -2.08. The number of nitrogens with two attached hydrogens (primary N) is 1. The van der Waals surface area contributed by atoms with Gasteiger partial charge in [0.15, 0.2) is 0 Å². The topological polar surface area (TPSA) is 80.9 Å². The molecule has 1 amide bonds. The molecule has 0 bridgehead atoms. The van der Waals surface area contributed by atoms with E-state index >= 15 is 0 Å². The largest absolute Gasteiger partial charge is 0.320 e. The van der Waals surface area contributed by atoms with Crippen LogP contribution in [0.2, 0.25) is 0 Å². The van der Waals surface area contributed by atoms with Crippen molar-refractivity contribution >= 4 is 22.4 Å². The fourth-order valence-electron chi connectivity index (χ4n) is 1.84. The van der Waals surface area contributed by atoms with Crippen molar-refractivity contribution in [2.24, 2.45) is 5.73 Å². The maximum Gasteiger partial charge on any atom is 0.243 e. The van der Waals surface area contributed by atoms with E-state index in [-0.39, 0.29) is 11.7 Å². The Bertz CT molecular complexity index is 617. The van der Waals surface area contributed by atoms with Gasteiger partial charge in [-0.3, -0.25) is 10.1 Å². The molecule has 0 saturated heterocycles. The molecule has 0 aliphatic carbocycles. The Kier molecular flexibility index (Phi) is 5.35. The van der Waals surface area contributed by atoms with Crippen molar-refractivity contribution in [2.75, 3.05) is 5.32 Å². The highest BCUT2D eigenvalue weighted by atomic mass is 32.1. The minimum Gasteiger partial charge on any atom is -0.320 e. The second kappa shape index (κ2) is 7.24. The fourth-order valence-corrected chi connectivity index (χ4v) is 2.61. The number of carbonyl (C=O) groups is 1. The number of hydrogen-bond donors (Lipinski definition) is 2.